The van der Waals surface area contributed by atoms with Crippen molar-refractivity contribution in [1.82, 2.24) is 10.4 Å². The molecule has 1 aromatic carbocycles. The van der Waals surface area contributed by atoms with Gasteiger partial charge in [-0.05, 0) is 18.2 Å². The quantitative estimate of drug-likeness (QED) is 0.852. The molecule has 0 saturated carbocycles. The number of halogens is 1. The summed E-state index contributed by atoms with van der Waals surface area (Å²) in [6.07, 6.45) is 0. The van der Waals surface area contributed by atoms with Gasteiger partial charge in [0.1, 0.15) is 5.75 Å². The van der Waals surface area contributed by atoms with Gasteiger partial charge in [-0.25, -0.2) is 5.01 Å². The average molecular weight is 273 g/mol. The van der Waals surface area contributed by atoms with Crippen LogP contribution in [0.1, 0.15) is 10.4 Å². The van der Waals surface area contributed by atoms with Crippen molar-refractivity contribution in [1.29, 1.82) is 0 Å². The van der Waals surface area contributed by atoms with Crippen molar-refractivity contribution in [3.63, 3.8) is 0 Å². The smallest absolute Gasteiger partial charge is 0.269 e. The lowest BCUT2D eigenvalue weighted by Gasteiger charge is -2.13. The summed E-state index contributed by atoms with van der Waals surface area (Å²) in [5.41, 5.74) is 3.16. The van der Waals surface area contributed by atoms with E-state index in [-0.39, 0.29) is 5.91 Å². The Hall–Kier alpha value is -1.07. The van der Waals surface area contributed by atoms with E-state index in [2.05, 4.69) is 21.4 Å². The highest BCUT2D eigenvalue weighted by atomic mass is 79.9. The van der Waals surface area contributed by atoms with E-state index in [9.17, 15) is 4.79 Å². The molecule has 0 fully saturated rings. The first kappa shape index (κ1) is 12.0. The lowest BCUT2D eigenvalue weighted by Crippen LogP contribution is -2.36. The average Bonchev–Trinajstić information content (AvgIpc) is 2.16. The van der Waals surface area contributed by atoms with Crippen molar-refractivity contribution in [2.24, 2.45) is 0 Å². The van der Waals surface area contributed by atoms with Crippen LogP contribution < -0.4 is 10.2 Å². The van der Waals surface area contributed by atoms with E-state index >= 15 is 0 Å². The molecule has 0 saturated heterocycles. The van der Waals surface area contributed by atoms with Crippen molar-refractivity contribution in [3.05, 3.63) is 28.2 Å². The fourth-order valence-electron chi connectivity index (χ4n) is 1.12. The first-order valence-corrected chi connectivity index (χ1v) is 5.15. The Morgan fingerprint density at radius 1 is 1.47 bits per heavy atom. The first-order valence-electron chi connectivity index (χ1n) is 4.36. The predicted octanol–water partition coefficient (Wildman–Crippen LogP) is 1.66. The SMILES string of the molecule is COc1ccc(Br)cc1C(=O)NN(C)C. The Morgan fingerprint density at radius 2 is 2.13 bits per heavy atom. The fraction of sp³-hybridized carbons (Fsp3) is 0.300. The summed E-state index contributed by atoms with van der Waals surface area (Å²) >= 11 is 3.31. The third-order valence-corrected chi connectivity index (χ3v) is 2.22. The lowest BCUT2D eigenvalue weighted by atomic mass is 10.2. The second kappa shape index (κ2) is 5.14. The zero-order chi connectivity index (χ0) is 11.4. The monoisotopic (exact) mass is 272 g/mol. The van der Waals surface area contributed by atoms with Crippen LogP contribution in [0, 0.1) is 0 Å². The number of nitrogens with one attached hydrogen (secondary N) is 1. The third-order valence-electron chi connectivity index (χ3n) is 1.73. The van der Waals surface area contributed by atoms with E-state index in [1.54, 1.807) is 31.2 Å². The molecular weight excluding hydrogens is 260 g/mol. The van der Waals surface area contributed by atoms with Gasteiger partial charge < -0.3 is 4.74 Å². The van der Waals surface area contributed by atoms with Crippen LogP contribution in [0.15, 0.2) is 22.7 Å². The molecule has 15 heavy (non-hydrogen) atoms. The molecule has 82 valence electrons. The third kappa shape index (κ3) is 3.21. The maximum absolute atomic E-state index is 11.7. The maximum atomic E-state index is 11.7. The molecule has 1 aromatic rings. The predicted molar refractivity (Wildman–Crippen MR) is 61.8 cm³/mol. The number of nitrogens with zero attached hydrogens (tertiary/aromatic N) is 1. The molecule has 1 amide bonds. The standard InChI is InChI=1S/C10H13BrN2O2/c1-13(2)12-10(14)8-6-7(11)4-5-9(8)15-3/h4-6H,1-3H3,(H,12,14). The fourth-order valence-corrected chi connectivity index (χ4v) is 1.48. The van der Waals surface area contributed by atoms with Crippen LogP contribution in [0.25, 0.3) is 0 Å². The van der Waals surface area contributed by atoms with Gasteiger partial charge >= 0.3 is 0 Å². The first-order chi connectivity index (χ1) is 7.04. The van der Waals surface area contributed by atoms with Crippen LogP contribution in [0.4, 0.5) is 0 Å². The zero-order valence-electron chi connectivity index (χ0n) is 8.87. The Labute approximate surface area is 97.3 Å². The molecule has 0 unspecified atom stereocenters. The van der Waals surface area contributed by atoms with Gasteiger partial charge in [0.25, 0.3) is 5.91 Å². The molecule has 0 aliphatic rings. The van der Waals surface area contributed by atoms with Crippen LogP contribution in [-0.4, -0.2) is 32.1 Å². The van der Waals surface area contributed by atoms with Gasteiger partial charge in [0.2, 0.25) is 0 Å². The van der Waals surface area contributed by atoms with E-state index in [1.807, 2.05) is 6.07 Å². The zero-order valence-corrected chi connectivity index (χ0v) is 10.5. The minimum absolute atomic E-state index is 0.196. The topological polar surface area (TPSA) is 41.6 Å². The van der Waals surface area contributed by atoms with E-state index in [0.29, 0.717) is 11.3 Å². The number of rotatable bonds is 3. The minimum atomic E-state index is -0.196. The van der Waals surface area contributed by atoms with Gasteiger partial charge in [0.05, 0.1) is 12.7 Å². The molecule has 5 heteroatoms. The molecule has 0 spiro atoms. The molecule has 0 radical (unpaired) electrons. The van der Waals surface area contributed by atoms with Crippen molar-refractivity contribution >= 4 is 21.8 Å². The number of amides is 1. The summed E-state index contributed by atoms with van der Waals surface area (Å²) in [5.74, 6) is 0.357. The lowest BCUT2D eigenvalue weighted by molar-refractivity contribution is 0.0853. The molecule has 0 bridgehead atoms. The highest BCUT2D eigenvalue weighted by Crippen LogP contribution is 2.22. The summed E-state index contributed by atoms with van der Waals surface area (Å²) in [4.78, 5) is 11.7. The minimum Gasteiger partial charge on any atom is -0.496 e. The molecule has 1 N–H and O–H groups in total. The summed E-state index contributed by atoms with van der Waals surface area (Å²) in [6, 6.07) is 5.29. The highest BCUT2D eigenvalue weighted by molar-refractivity contribution is 9.10. The Balaban J connectivity index is 3.00. The molecular formula is C10H13BrN2O2. The van der Waals surface area contributed by atoms with Gasteiger partial charge in [0, 0.05) is 18.6 Å². The van der Waals surface area contributed by atoms with Crippen LogP contribution >= 0.6 is 15.9 Å². The summed E-state index contributed by atoms with van der Waals surface area (Å²) in [7, 11) is 5.04. The van der Waals surface area contributed by atoms with E-state index in [4.69, 9.17) is 4.74 Å². The van der Waals surface area contributed by atoms with Crippen LogP contribution in [0.5, 0.6) is 5.75 Å². The number of hydrogen-bond donors (Lipinski definition) is 1. The van der Waals surface area contributed by atoms with E-state index < -0.39 is 0 Å². The molecule has 0 atom stereocenters. The normalized spacial score (nSPS) is 10.2. The Kier molecular flexibility index (Phi) is 4.11. The Morgan fingerprint density at radius 3 is 2.67 bits per heavy atom. The van der Waals surface area contributed by atoms with Crippen molar-refractivity contribution in [2.45, 2.75) is 0 Å². The number of benzene rings is 1. The molecule has 0 aliphatic heterocycles. The van der Waals surface area contributed by atoms with Gasteiger partial charge in [-0.15, -0.1) is 0 Å². The van der Waals surface area contributed by atoms with Gasteiger partial charge in [-0.3, -0.25) is 10.2 Å². The van der Waals surface area contributed by atoms with Crippen LogP contribution in [0.3, 0.4) is 0 Å². The van der Waals surface area contributed by atoms with E-state index in [1.165, 1.54) is 7.11 Å². The second-order valence-corrected chi connectivity index (χ2v) is 4.10. The van der Waals surface area contributed by atoms with E-state index in [0.717, 1.165) is 4.47 Å². The van der Waals surface area contributed by atoms with Gasteiger partial charge in [-0.1, -0.05) is 15.9 Å². The molecule has 1 rings (SSSR count). The number of hydrazine groups is 1. The largest absolute Gasteiger partial charge is 0.496 e. The van der Waals surface area contributed by atoms with Gasteiger partial charge in [0.15, 0.2) is 0 Å². The number of carbonyl (C=O) groups excluding carboxylic acids is 1. The summed E-state index contributed by atoms with van der Waals surface area (Å²) in [6.45, 7) is 0. The highest BCUT2D eigenvalue weighted by Gasteiger charge is 2.12. The molecule has 0 heterocycles. The number of methoxy groups -OCH3 is 1. The molecule has 0 aromatic heterocycles. The van der Waals surface area contributed by atoms with Crippen LogP contribution in [0.2, 0.25) is 0 Å². The number of ether oxygens (including phenoxy) is 1. The molecule has 4 nitrogen and oxygen atoms in total. The Bertz CT molecular complexity index is 366. The molecule has 0 aliphatic carbocycles. The number of hydrogen-bond acceptors (Lipinski definition) is 3. The second-order valence-electron chi connectivity index (χ2n) is 3.18. The van der Waals surface area contributed by atoms with Gasteiger partial charge in [-0.2, -0.15) is 0 Å². The summed E-state index contributed by atoms with van der Waals surface area (Å²) < 4.78 is 5.94. The van der Waals surface area contributed by atoms with Crippen molar-refractivity contribution in [3.8, 4) is 5.75 Å². The number of carbonyl (C=O) groups is 1. The van der Waals surface area contributed by atoms with Crippen LogP contribution in [-0.2, 0) is 0 Å². The van der Waals surface area contributed by atoms with Crippen molar-refractivity contribution in [2.75, 3.05) is 21.2 Å². The maximum Gasteiger partial charge on any atom is 0.269 e. The summed E-state index contributed by atoms with van der Waals surface area (Å²) in [5, 5.41) is 1.59. The van der Waals surface area contributed by atoms with Crippen molar-refractivity contribution < 1.29 is 9.53 Å².